The van der Waals surface area contributed by atoms with Crippen LogP contribution in [0.2, 0.25) is 0 Å². The average Bonchev–Trinajstić information content (AvgIpc) is 2.94. The van der Waals surface area contributed by atoms with Gasteiger partial charge in [0.05, 0.1) is 16.1 Å². The van der Waals surface area contributed by atoms with Gasteiger partial charge in [-0.15, -0.1) is 0 Å². The molecule has 2 heterocycles. The monoisotopic (exact) mass is 285 g/mol. The van der Waals surface area contributed by atoms with Crippen LogP contribution in [0, 0.1) is 10.1 Å². The molecule has 100 valence electrons. The summed E-state index contributed by atoms with van der Waals surface area (Å²) in [6.45, 7) is 0.542. The highest BCUT2D eigenvalue weighted by molar-refractivity contribution is 7.13. The van der Waals surface area contributed by atoms with Gasteiger partial charge in [-0.3, -0.25) is 15.1 Å². The molecule has 0 spiro atoms. The second-order valence-corrected chi connectivity index (χ2v) is 5.17. The predicted molar refractivity (Wildman–Crippen MR) is 80.0 cm³/mol. The molecule has 1 aromatic carbocycles. The highest BCUT2D eigenvalue weighted by atomic mass is 32.1. The number of pyridine rings is 1. The lowest BCUT2D eigenvalue weighted by atomic mass is 10.2. The molecule has 0 fully saturated rings. The molecule has 20 heavy (non-hydrogen) atoms. The summed E-state index contributed by atoms with van der Waals surface area (Å²) < 4.78 is 0. The third-order valence-corrected chi connectivity index (χ3v) is 3.86. The number of aromatic nitrogens is 1. The van der Waals surface area contributed by atoms with Gasteiger partial charge in [-0.2, -0.15) is 0 Å². The van der Waals surface area contributed by atoms with Crippen LogP contribution in [0.4, 0.5) is 10.7 Å². The van der Waals surface area contributed by atoms with E-state index in [-0.39, 0.29) is 9.92 Å². The number of nitrogens with zero attached hydrogens (tertiary/aromatic N) is 2. The van der Waals surface area contributed by atoms with E-state index in [9.17, 15) is 10.1 Å². The van der Waals surface area contributed by atoms with E-state index >= 15 is 0 Å². The van der Waals surface area contributed by atoms with Crippen molar-refractivity contribution in [3.8, 4) is 0 Å². The molecule has 5 nitrogen and oxygen atoms in total. The normalized spacial score (nSPS) is 10.6. The van der Waals surface area contributed by atoms with Gasteiger partial charge in [0.1, 0.15) is 0 Å². The lowest BCUT2D eigenvalue weighted by Gasteiger charge is -2.07. The third kappa shape index (κ3) is 2.46. The van der Waals surface area contributed by atoms with Crippen molar-refractivity contribution in [3.63, 3.8) is 0 Å². The minimum atomic E-state index is -0.367. The Morgan fingerprint density at radius 3 is 2.95 bits per heavy atom. The summed E-state index contributed by atoms with van der Waals surface area (Å²) in [5, 5.41) is 17.0. The molecule has 0 bridgehead atoms. The summed E-state index contributed by atoms with van der Waals surface area (Å²) >= 11 is 1.14. The van der Waals surface area contributed by atoms with Crippen LogP contribution in [0.5, 0.6) is 0 Å². The molecule has 3 aromatic rings. The Morgan fingerprint density at radius 2 is 2.15 bits per heavy atom. The Kier molecular flexibility index (Phi) is 3.30. The van der Waals surface area contributed by atoms with Crippen LogP contribution in [0.1, 0.15) is 5.56 Å². The van der Waals surface area contributed by atoms with E-state index in [1.165, 1.54) is 0 Å². The summed E-state index contributed by atoms with van der Waals surface area (Å²) in [6.07, 6.45) is 1.75. The standard InChI is InChI=1S/C14H11N3O2S/c18-17(19)13-7-10(9-20-13)8-16-12-5-1-3-11-4-2-6-15-14(11)12/h1-7,9,16H,8H2. The van der Waals surface area contributed by atoms with Crippen LogP contribution in [0.25, 0.3) is 10.9 Å². The molecule has 3 rings (SSSR count). The Balaban J connectivity index is 1.81. The van der Waals surface area contributed by atoms with Crippen molar-refractivity contribution in [2.45, 2.75) is 6.54 Å². The van der Waals surface area contributed by atoms with Crippen LogP contribution in [0.15, 0.2) is 48.0 Å². The van der Waals surface area contributed by atoms with Crippen molar-refractivity contribution >= 4 is 32.9 Å². The van der Waals surface area contributed by atoms with Crippen molar-refractivity contribution < 1.29 is 4.92 Å². The molecule has 0 radical (unpaired) electrons. The van der Waals surface area contributed by atoms with Crippen LogP contribution in [-0.4, -0.2) is 9.91 Å². The fourth-order valence-corrected chi connectivity index (χ4v) is 2.72. The molecular formula is C14H11N3O2S. The molecule has 0 atom stereocenters. The number of rotatable bonds is 4. The lowest BCUT2D eigenvalue weighted by molar-refractivity contribution is -0.380. The first kappa shape index (κ1) is 12.6. The summed E-state index contributed by atoms with van der Waals surface area (Å²) in [5.74, 6) is 0. The number of nitro groups is 1. The van der Waals surface area contributed by atoms with E-state index in [0.29, 0.717) is 6.54 Å². The molecule has 0 unspecified atom stereocenters. The number of benzene rings is 1. The second kappa shape index (κ2) is 5.26. The Hall–Kier alpha value is -2.47. The van der Waals surface area contributed by atoms with Crippen LogP contribution < -0.4 is 5.32 Å². The number of thiophene rings is 1. The molecule has 0 saturated carbocycles. The third-order valence-electron chi connectivity index (χ3n) is 2.94. The quantitative estimate of drug-likeness (QED) is 0.584. The smallest absolute Gasteiger partial charge is 0.324 e. The van der Waals surface area contributed by atoms with E-state index in [1.54, 1.807) is 17.6 Å². The highest BCUT2D eigenvalue weighted by Crippen LogP contribution is 2.25. The molecule has 0 aliphatic heterocycles. The number of para-hydroxylation sites is 1. The molecule has 0 amide bonds. The first-order valence-electron chi connectivity index (χ1n) is 6.03. The number of nitrogens with one attached hydrogen (secondary N) is 1. The summed E-state index contributed by atoms with van der Waals surface area (Å²) in [5.41, 5.74) is 2.73. The Bertz CT molecular complexity index is 764. The van der Waals surface area contributed by atoms with Gasteiger partial charge in [0.15, 0.2) is 0 Å². The number of hydrogen-bond donors (Lipinski definition) is 1. The molecule has 1 N–H and O–H groups in total. The first-order chi connectivity index (χ1) is 9.74. The fourth-order valence-electron chi connectivity index (χ4n) is 2.00. The zero-order chi connectivity index (χ0) is 13.9. The SMILES string of the molecule is O=[N+]([O-])c1cc(CNc2cccc3cccnc23)cs1. The summed E-state index contributed by atoms with van der Waals surface area (Å²) in [4.78, 5) is 14.6. The van der Waals surface area contributed by atoms with Crippen molar-refractivity contribution in [1.82, 2.24) is 4.98 Å². The average molecular weight is 285 g/mol. The summed E-state index contributed by atoms with van der Waals surface area (Å²) in [6, 6.07) is 11.4. The molecule has 0 aliphatic carbocycles. The largest absolute Gasteiger partial charge is 0.379 e. The topological polar surface area (TPSA) is 68.1 Å². The van der Waals surface area contributed by atoms with Gasteiger partial charge in [0, 0.05) is 29.6 Å². The van der Waals surface area contributed by atoms with E-state index in [1.807, 2.05) is 30.3 Å². The number of hydrogen-bond acceptors (Lipinski definition) is 5. The maximum atomic E-state index is 10.6. The zero-order valence-electron chi connectivity index (χ0n) is 10.4. The lowest BCUT2D eigenvalue weighted by Crippen LogP contribution is -1.99. The van der Waals surface area contributed by atoms with E-state index < -0.39 is 0 Å². The minimum absolute atomic E-state index is 0.165. The maximum Gasteiger partial charge on any atom is 0.324 e. The van der Waals surface area contributed by atoms with Crippen LogP contribution in [0.3, 0.4) is 0 Å². The number of fused-ring (bicyclic) bond motifs is 1. The van der Waals surface area contributed by atoms with Crippen molar-refractivity contribution in [2.75, 3.05) is 5.32 Å². The fraction of sp³-hybridized carbons (Fsp3) is 0.0714. The van der Waals surface area contributed by atoms with E-state index in [4.69, 9.17) is 0 Å². The van der Waals surface area contributed by atoms with Gasteiger partial charge in [-0.25, -0.2) is 0 Å². The van der Waals surface area contributed by atoms with E-state index in [0.717, 1.165) is 33.5 Å². The molecule has 6 heteroatoms. The van der Waals surface area contributed by atoms with Gasteiger partial charge >= 0.3 is 5.00 Å². The molecule has 0 aliphatic rings. The zero-order valence-corrected chi connectivity index (χ0v) is 11.3. The van der Waals surface area contributed by atoms with Crippen molar-refractivity contribution in [3.05, 3.63) is 63.7 Å². The Labute approximate surface area is 119 Å². The molecule has 2 aromatic heterocycles. The predicted octanol–water partition coefficient (Wildman–Crippen LogP) is 3.82. The van der Waals surface area contributed by atoms with Crippen LogP contribution >= 0.6 is 11.3 Å². The van der Waals surface area contributed by atoms with E-state index in [2.05, 4.69) is 10.3 Å². The number of anilines is 1. The minimum Gasteiger partial charge on any atom is -0.379 e. The van der Waals surface area contributed by atoms with Gasteiger partial charge < -0.3 is 5.32 Å². The highest BCUT2D eigenvalue weighted by Gasteiger charge is 2.09. The van der Waals surface area contributed by atoms with Gasteiger partial charge in [-0.1, -0.05) is 29.5 Å². The van der Waals surface area contributed by atoms with Gasteiger partial charge in [0.25, 0.3) is 0 Å². The van der Waals surface area contributed by atoms with Crippen LogP contribution in [-0.2, 0) is 6.54 Å². The molecule has 0 saturated heterocycles. The first-order valence-corrected chi connectivity index (χ1v) is 6.91. The van der Waals surface area contributed by atoms with Crippen molar-refractivity contribution in [1.29, 1.82) is 0 Å². The molecular weight excluding hydrogens is 274 g/mol. The Morgan fingerprint density at radius 1 is 1.30 bits per heavy atom. The van der Waals surface area contributed by atoms with Crippen molar-refractivity contribution in [2.24, 2.45) is 0 Å². The van der Waals surface area contributed by atoms with Gasteiger partial charge in [-0.05, 0) is 17.7 Å². The maximum absolute atomic E-state index is 10.6. The second-order valence-electron chi connectivity index (χ2n) is 4.28. The summed E-state index contributed by atoms with van der Waals surface area (Å²) in [7, 11) is 0. The van der Waals surface area contributed by atoms with Gasteiger partial charge in [0.2, 0.25) is 0 Å².